The molecule has 0 unspecified atom stereocenters. The Bertz CT molecular complexity index is 2450. The molecule has 0 fully saturated rings. The van der Waals surface area contributed by atoms with Gasteiger partial charge in [0.25, 0.3) is 0 Å². The maximum atomic E-state index is 4.98. The van der Waals surface area contributed by atoms with Gasteiger partial charge >= 0.3 is 0 Å². The van der Waals surface area contributed by atoms with Gasteiger partial charge in [-0.1, -0.05) is 72.8 Å². The quantitative estimate of drug-likeness (QED) is 0.211. The van der Waals surface area contributed by atoms with E-state index in [0.717, 1.165) is 33.7 Å². The van der Waals surface area contributed by atoms with E-state index in [1.54, 1.807) is 0 Å². The lowest BCUT2D eigenvalue weighted by atomic mass is 9.96. The summed E-state index contributed by atoms with van der Waals surface area (Å²) in [6.45, 7) is 0. The van der Waals surface area contributed by atoms with E-state index in [1.807, 2.05) is 24.7 Å². The summed E-state index contributed by atoms with van der Waals surface area (Å²) in [5.74, 6) is 0.883. The minimum atomic E-state index is 0.883. The Hall–Kier alpha value is -5.74. The van der Waals surface area contributed by atoms with Gasteiger partial charge in [-0.15, -0.1) is 0 Å². The molecule has 4 heteroatoms. The highest BCUT2D eigenvalue weighted by atomic mass is 15.1. The molecule has 0 aliphatic rings. The number of pyridine rings is 2. The van der Waals surface area contributed by atoms with Crippen LogP contribution in [-0.4, -0.2) is 19.1 Å². The molecular weight excluding hydrogens is 512 g/mol. The lowest BCUT2D eigenvalue weighted by molar-refractivity contribution is 1.08. The Morgan fingerprint density at radius 2 is 1.29 bits per heavy atom. The van der Waals surface area contributed by atoms with E-state index in [-0.39, 0.29) is 0 Å². The first-order chi connectivity index (χ1) is 20.8. The molecule has 4 nitrogen and oxygen atoms in total. The van der Waals surface area contributed by atoms with E-state index in [9.17, 15) is 0 Å². The molecular formula is C38H24N4. The van der Waals surface area contributed by atoms with Gasteiger partial charge in [-0.2, -0.15) is 0 Å². The first-order valence-corrected chi connectivity index (χ1v) is 14.2. The van der Waals surface area contributed by atoms with Gasteiger partial charge in [0.1, 0.15) is 5.82 Å². The van der Waals surface area contributed by atoms with Crippen molar-refractivity contribution in [1.82, 2.24) is 19.1 Å². The van der Waals surface area contributed by atoms with Gasteiger partial charge in [0.2, 0.25) is 0 Å². The number of hydrogen-bond donors (Lipinski definition) is 0. The highest BCUT2D eigenvalue weighted by molar-refractivity contribution is 6.32. The predicted octanol–water partition coefficient (Wildman–Crippen LogP) is 9.49. The van der Waals surface area contributed by atoms with Crippen molar-refractivity contribution in [2.24, 2.45) is 0 Å². The molecule has 9 rings (SSSR count). The van der Waals surface area contributed by atoms with Crippen LogP contribution < -0.4 is 0 Å². The molecule has 0 saturated carbocycles. The largest absolute Gasteiger partial charge is 0.316 e. The first kappa shape index (κ1) is 23.0. The van der Waals surface area contributed by atoms with Crippen molar-refractivity contribution in [2.45, 2.75) is 0 Å². The summed E-state index contributed by atoms with van der Waals surface area (Å²) in [5, 5.41) is 8.65. The topological polar surface area (TPSA) is 35.6 Å². The van der Waals surface area contributed by atoms with Crippen LogP contribution in [0.25, 0.3) is 76.9 Å². The van der Waals surface area contributed by atoms with E-state index < -0.39 is 0 Å². The molecule has 0 saturated heterocycles. The summed E-state index contributed by atoms with van der Waals surface area (Å²) in [6, 6.07) is 43.3. The van der Waals surface area contributed by atoms with Crippen molar-refractivity contribution in [3.05, 3.63) is 146 Å². The lowest BCUT2D eigenvalue weighted by Crippen LogP contribution is -1.99. The first-order valence-electron chi connectivity index (χ1n) is 14.2. The van der Waals surface area contributed by atoms with E-state index in [4.69, 9.17) is 4.98 Å². The summed E-state index contributed by atoms with van der Waals surface area (Å²) >= 11 is 0. The number of para-hydroxylation sites is 1. The van der Waals surface area contributed by atoms with Crippen LogP contribution in [0.15, 0.2) is 146 Å². The number of fused-ring (bicyclic) bond motifs is 9. The second kappa shape index (κ2) is 8.88. The summed E-state index contributed by atoms with van der Waals surface area (Å²) in [4.78, 5) is 9.34. The molecule has 196 valence electrons. The zero-order valence-electron chi connectivity index (χ0n) is 22.6. The number of benzene rings is 5. The highest BCUT2D eigenvalue weighted by Gasteiger charge is 2.21. The number of rotatable bonds is 3. The van der Waals surface area contributed by atoms with Crippen LogP contribution in [0.5, 0.6) is 0 Å². The van der Waals surface area contributed by atoms with Crippen LogP contribution in [0.2, 0.25) is 0 Å². The van der Waals surface area contributed by atoms with Crippen molar-refractivity contribution < 1.29 is 0 Å². The van der Waals surface area contributed by atoms with E-state index in [0.29, 0.717) is 0 Å². The maximum absolute atomic E-state index is 4.98. The van der Waals surface area contributed by atoms with Crippen LogP contribution in [0, 0.1) is 0 Å². The van der Waals surface area contributed by atoms with Crippen molar-refractivity contribution >= 4 is 54.3 Å². The SMILES string of the molecule is c1ccc(-n2ccc3cc4c5c6ccccc6c6ccccc6c5n(-c5cc(-c6cccnc6)ccn5)c4cc32)cc1. The molecule has 4 aromatic heterocycles. The zero-order valence-corrected chi connectivity index (χ0v) is 22.6. The molecule has 42 heavy (non-hydrogen) atoms. The predicted molar refractivity (Wildman–Crippen MR) is 174 cm³/mol. The lowest BCUT2D eigenvalue weighted by Gasteiger charge is -2.12. The Labute approximate surface area is 241 Å². The van der Waals surface area contributed by atoms with E-state index in [2.05, 4.69) is 136 Å². The maximum Gasteiger partial charge on any atom is 0.138 e. The average molecular weight is 537 g/mol. The molecule has 0 radical (unpaired) electrons. The smallest absolute Gasteiger partial charge is 0.138 e. The van der Waals surface area contributed by atoms with Gasteiger partial charge in [0.15, 0.2) is 0 Å². The Morgan fingerprint density at radius 3 is 2.10 bits per heavy atom. The summed E-state index contributed by atoms with van der Waals surface area (Å²) in [5.41, 5.74) is 6.76. The fourth-order valence-electron chi connectivity index (χ4n) is 6.61. The monoisotopic (exact) mass is 536 g/mol. The second-order valence-electron chi connectivity index (χ2n) is 10.7. The van der Waals surface area contributed by atoms with Crippen molar-refractivity contribution in [2.75, 3.05) is 0 Å². The standard InChI is InChI=1S/C38H24N4/c1-2-10-28(11-3-1)41-20-17-26-21-33-35(23-34(26)41)42(36-22-25(16-19-40-36)27-9-8-18-39-24-27)38-32-15-7-5-13-30(32)29-12-4-6-14-31(29)37(33)38/h1-24H. The van der Waals surface area contributed by atoms with Gasteiger partial charge in [-0.25, -0.2) is 4.98 Å². The molecule has 0 aliphatic heterocycles. The van der Waals surface area contributed by atoms with Crippen molar-refractivity contribution in [3.8, 4) is 22.6 Å². The van der Waals surface area contributed by atoms with Crippen molar-refractivity contribution in [3.63, 3.8) is 0 Å². The van der Waals surface area contributed by atoms with Gasteiger partial charge < -0.3 is 4.57 Å². The minimum absolute atomic E-state index is 0.883. The summed E-state index contributed by atoms with van der Waals surface area (Å²) in [7, 11) is 0. The average Bonchev–Trinajstić information content (AvgIpc) is 3.64. The number of nitrogens with zero attached hydrogens (tertiary/aromatic N) is 4. The van der Waals surface area contributed by atoms with Gasteiger partial charge in [0, 0.05) is 57.6 Å². The second-order valence-corrected chi connectivity index (χ2v) is 10.7. The van der Waals surface area contributed by atoms with Gasteiger partial charge in [0.05, 0.1) is 16.6 Å². The van der Waals surface area contributed by atoms with E-state index in [1.165, 1.54) is 43.2 Å². The molecule has 0 bridgehead atoms. The number of aromatic nitrogens is 4. The van der Waals surface area contributed by atoms with Crippen molar-refractivity contribution in [1.29, 1.82) is 0 Å². The Balaban J connectivity index is 1.48. The Morgan fingerprint density at radius 1 is 0.524 bits per heavy atom. The third-order valence-electron chi connectivity index (χ3n) is 8.45. The normalized spacial score (nSPS) is 11.8. The van der Waals surface area contributed by atoms with Crippen LogP contribution in [0.4, 0.5) is 0 Å². The van der Waals surface area contributed by atoms with Gasteiger partial charge in [-0.05, 0) is 70.3 Å². The van der Waals surface area contributed by atoms with E-state index >= 15 is 0 Å². The highest BCUT2D eigenvalue weighted by Crippen LogP contribution is 2.43. The van der Waals surface area contributed by atoms with Crippen LogP contribution in [0.3, 0.4) is 0 Å². The fraction of sp³-hybridized carbons (Fsp3) is 0. The summed E-state index contributed by atoms with van der Waals surface area (Å²) < 4.78 is 4.63. The molecule has 0 atom stereocenters. The molecule has 9 aromatic rings. The van der Waals surface area contributed by atoms with Crippen LogP contribution >= 0.6 is 0 Å². The fourth-order valence-corrected chi connectivity index (χ4v) is 6.61. The molecule has 0 spiro atoms. The minimum Gasteiger partial charge on any atom is -0.316 e. The molecule has 0 N–H and O–H groups in total. The third kappa shape index (κ3) is 3.29. The molecule has 0 amide bonds. The molecule has 4 heterocycles. The molecule has 0 aliphatic carbocycles. The van der Waals surface area contributed by atoms with Gasteiger partial charge in [-0.3, -0.25) is 9.55 Å². The molecule has 5 aromatic carbocycles. The third-order valence-corrected chi connectivity index (χ3v) is 8.45. The summed E-state index contributed by atoms with van der Waals surface area (Å²) in [6.07, 6.45) is 7.79. The van der Waals surface area contributed by atoms with Crippen LogP contribution in [-0.2, 0) is 0 Å². The zero-order chi connectivity index (χ0) is 27.6. The number of hydrogen-bond acceptors (Lipinski definition) is 2. The van der Waals surface area contributed by atoms with Crippen LogP contribution in [0.1, 0.15) is 0 Å². The Kier molecular flexibility index (Phi) is 4.87.